The molecule has 5 heteroatoms. The van der Waals surface area contributed by atoms with Gasteiger partial charge in [-0.15, -0.1) is 0 Å². The Hall–Kier alpha value is -2.74. The lowest BCUT2D eigenvalue weighted by Gasteiger charge is -2.08. The zero-order chi connectivity index (χ0) is 13.8. The highest BCUT2D eigenvalue weighted by atomic mass is 16.5. The fourth-order valence-corrected chi connectivity index (χ4v) is 1.81. The number of nitrogens with two attached hydrogens (primary N) is 1. The zero-order valence-corrected chi connectivity index (χ0v) is 10.5. The Morgan fingerprint density at radius 3 is 2.84 bits per heavy atom. The molecule has 1 aromatic heterocycles. The van der Waals surface area contributed by atoms with Crippen molar-refractivity contribution in [3.05, 3.63) is 58.0 Å². The van der Waals surface area contributed by atoms with Gasteiger partial charge in [-0.1, -0.05) is 6.07 Å². The highest BCUT2D eigenvalue weighted by molar-refractivity contribution is 5.45. The summed E-state index contributed by atoms with van der Waals surface area (Å²) in [7, 11) is 1.51. The molecule has 0 saturated carbocycles. The van der Waals surface area contributed by atoms with Gasteiger partial charge in [-0.25, -0.2) is 0 Å². The van der Waals surface area contributed by atoms with E-state index < -0.39 is 0 Å². The number of aromatic nitrogens is 1. The number of ether oxygens (including phenoxy) is 1. The fraction of sp³-hybridized carbons (Fsp3) is 0.143. The van der Waals surface area contributed by atoms with E-state index in [1.54, 1.807) is 24.4 Å². The van der Waals surface area contributed by atoms with Gasteiger partial charge in [0.25, 0.3) is 5.56 Å². The predicted octanol–water partition coefficient (Wildman–Crippen LogP) is 1.36. The second kappa shape index (κ2) is 5.27. The minimum atomic E-state index is -0.136. The van der Waals surface area contributed by atoms with E-state index in [4.69, 9.17) is 15.7 Å². The first-order valence-corrected chi connectivity index (χ1v) is 5.67. The largest absolute Gasteiger partial charge is 0.495 e. The van der Waals surface area contributed by atoms with Crippen LogP contribution in [0, 0.1) is 11.3 Å². The van der Waals surface area contributed by atoms with E-state index in [2.05, 4.69) is 6.07 Å². The quantitative estimate of drug-likeness (QED) is 0.897. The number of nitrogens with zero attached hydrogens (tertiary/aromatic N) is 2. The molecule has 19 heavy (non-hydrogen) atoms. The third-order valence-electron chi connectivity index (χ3n) is 2.74. The molecule has 0 aliphatic rings. The summed E-state index contributed by atoms with van der Waals surface area (Å²) in [6.07, 6.45) is 1.58. The van der Waals surface area contributed by atoms with E-state index in [0.29, 0.717) is 23.5 Å². The standard InChI is InChI=1S/C14H13N3O2/c1-19-13-4-2-10(6-11(13)7-15)8-17-9-12(16)3-5-14(17)18/h2-6,9H,8,16H2,1H3. The van der Waals surface area contributed by atoms with Crippen molar-refractivity contribution in [3.63, 3.8) is 0 Å². The summed E-state index contributed by atoms with van der Waals surface area (Å²) in [4.78, 5) is 11.7. The molecular formula is C14H13N3O2. The number of nitrogen functional groups attached to an aromatic ring is 1. The van der Waals surface area contributed by atoms with Gasteiger partial charge in [-0.05, 0) is 23.8 Å². The van der Waals surface area contributed by atoms with Crippen LogP contribution in [0.1, 0.15) is 11.1 Å². The van der Waals surface area contributed by atoms with Crippen LogP contribution in [-0.4, -0.2) is 11.7 Å². The minimum Gasteiger partial charge on any atom is -0.495 e. The normalized spacial score (nSPS) is 9.89. The number of nitriles is 1. The molecule has 0 radical (unpaired) electrons. The average molecular weight is 255 g/mol. The maximum Gasteiger partial charge on any atom is 0.250 e. The van der Waals surface area contributed by atoms with Crippen LogP contribution in [0.15, 0.2) is 41.3 Å². The summed E-state index contributed by atoms with van der Waals surface area (Å²) in [5, 5.41) is 9.02. The second-order valence-electron chi connectivity index (χ2n) is 4.08. The molecule has 0 unspecified atom stereocenters. The summed E-state index contributed by atoms with van der Waals surface area (Å²) < 4.78 is 6.57. The molecule has 0 spiro atoms. The average Bonchev–Trinajstić information content (AvgIpc) is 2.42. The van der Waals surface area contributed by atoms with Crippen LogP contribution < -0.4 is 16.0 Å². The Balaban J connectivity index is 2.36. The number of hydrogen-bond donors (Lipinski definition) is 1. The summed E-state index contributed by atoms with van der Waals surface area (Å²) in [5.41, 5.74) is 7.32. The Morgan fingerprint density at radius 2 is 2.16 bits per heavy atom. The molecule has 2 N–H and O–H groups in total. The van der Waals surface area contributed by atoms with E-state index in [0.717, 1.165) is 5.56 Å². The van der Waals surface area contributed by atoms with E-state index in [-0.39, 0.29) is 5.56 Å². The first-order chi connectivity index (χ1) is 9.13. The minimum absolute atomic E-state index is 0.136. The monoisotopic (exact) mass is 255 g/mol. The number of methoxy groups -OCH3 is 1. The number of anilines is 1. The van der Waals surface area contributed by atoms with Gasteiger partial charge >= 0.3 is 0 Å². The Labute approximate surface area is 110 Å². The molecule has 0 aliphatic carbocycles. The molecule has 96 valence electrons. The highest BCUT2D eigenvalue weighted by Gasteiger charge is 2.05. The first kappa shape index (κ1) is 12.7. The molecule has 1 heterocycles. The van der Waals surface area contributed by atoms with Crippen LogP contribution in [0.25, 0.3) is 0 Å². The summed E-state index contributed by atoms with van der Waals surface area (Å²) >= 11 is 0. The molecule has 2 rings (SSSR count). The molecule has 0 saturated heterocycles. The van der Waals surface area contributed by atoms with Crippen molar-refractivity contribution in [2.45, 2.75) is 6.54 Å². The number of hydrogen-bond acceptors (Lipinski definition) is 4. The van der Waals surface area contributed by atoms with Crippen molar-refractivity contribution in [2.75, 3.05) is 12.8 Å². The predicted molar refractivity (Wildman–Crippen MR) is 71.9 cm³/mol. The van der Waals surface area contributed by atoms with E-state index in [9.17, 15) is 4.79 Å². The van der Waals surface area contributed by atoms with Crippen molar-refractivity contribution in [1.82, 2.24) is 4.57 Å². The van der Waals surface area contributed by atoms with Crippen molar-refractivity contribution < 1.29 is 4.74 Å². The molecule has 0 fully saturated rings. The summed E-state index contributed by atoms with van der Waals surface area (Å²) in [6, 6.07) is 10.3. The third kappa shape index (κ3) is 2.75. The molecule has 0 amide bonds. The first-order valence-electron chi connectivity index (χ1n) is 5.67. The maximum absolute atomic E-state index is 11.7. The smallest absolute Gasteiger partial charge is 0.250 e. The Bertz CT molecular complexity index is 699. The second-order valence-corrected chi connectivity index (χ2v) is 4.08. The molecule has 0 bridgehead atoms. The molecule has 2 aromatic rings. The summed E-state index contributed by atoms with van der Waals surface area (Å²) in [6.45, 7) is 0.364. The number of pyridine rings is 1. The molecule has 5 nitrogen and oxygen atoms in total. The number of benzene rings is 1. The van der Waals surface area contributed by atoms with Crippen molar-refractivity contribution >= 4 is 5.69 Å². The van der Waals surface area contributed by atoms with E-state index in [1.807, 2.05) is 6.07 Å². The fourth-order valence-electron chi connectivity index (χ4n) is 1.81. The van der Waals surface area contributed by atoms with Gasteiger partial charge in [0.1, 0.15) is 11.8 Å². The lowest BCUT2D eigenvalue weighted by molar-refractivity contribution is 0.413. The molecule has 0 aliphatic heterocycles. The summed E-state index contributed by atoms with van der Waals surface area (Å²) in [5.74, 6) is 0.520. The van der Waals surface area contributed by atoms with Crippen LogP contribution in [0.3, 0.4) is 0 Å². The van der Waals surface area contributed by atoms with Crippen molar-refractivity contribution in [2.24, 2.45) is 0 Å². The van der Waals surface area contributed by atoms with Gasteiger partial charge in [-0.3, -0.25) is 4.79 Å². The number of rotatable bonds is 3. The van der Waals surface area contributed by atoms with Gasteiger partial charge in [0.05, 0.1) is 19.2 Å². The maximum atomic E-state index is 11.7. The van der Waals surface area contributed by atoms with Gasteiger partial charge in [0.15, 0.2) is 0 Å². The topological polar surface area (TPSA) is 81.0 Å². The third-order valence-corrected chi connectivity index (χ3v) is 2.74. The van der Waals surface area contributed by atoms with Crippen LogP contribution in [0.5, 0.6) is 5.75 Å². The van der Waals surface area contributed by atoms with Gasteiger partial charge in [-0.2, -0.15) is 5.26 Å². The van der Waals surface area contributed by atoms with Gasteiger partial charge < -0.3 is 15.0 Å². The highest BCUT2D eigenvalue weighted by Crippen LogP contribution is 2.19. The van der Waals surface area contributed by atoms with Gasteiger partial charge in [0.2, 0.25) is 0 Å². The van der Waals surface area contributed by atoms with Crippen molar-refractivity contribution in [3.8, 4) is 11.8 Å². The molecular weight excluding hydrogens is 242 g/mol. The zero-order valence-electron chi connectivity index (χ0n) is 10.5. The van der Waals surface area contributed by atoms with Crippen LogP contribution in [0.2, 0.25) is 0 Å². The lowest BCUT2D eigenvalue weighted by Crippen LogP contribution is -2.19. The van der Waals surface area contributed by atoms with Crippen molar-refractivity contribution in [1.29, 1.82) is 5.26 Å². The van der Waals surface area contributed by atoms with Crippen LogP contribution >= 0.6 is 0 Å². The molecule has 0 atom stereocenters. The van der Waals surface area contributed by atoms with E-state index in [1.165, 1.54) is 17.7 Å². The van der Waals surface area contributed by atoms with Crippen LogP contribution in [-0.2, 0) is 6.54 Å². The SMILES string of the molecule is COc1ccc(Cn2cc(N)ccc2=O)cc1C#N. The molecule has 1 aromatic carbocycles. The Morgan fingerprint density at radius 1 is 1.37 bits per heavy atom. The van der Waals surface area contributed by atoms with Crippen LogP contribution in [0.4, 0.5) is 5.69 Å². The Kier molecular flexibility index (Phi) is 3.53. The lowest BCUT2D eigenvalue weighted by atomic mass is 10.1. The van der Waals surface area contributed by atoms with Gasteiger partial charge in [0, 0.05) is 18.0 Å². The van der Waals surface area contributed by atoms with E-state index >= 15 is 0 Å².